The number of hydrogen-bond acceptors (Lipinski definition) is 2. The number of carbonyl (C=O) groups excluding carboxylic acids is 1. The second-order valence-corrected chi connectivity index (χ2v) is 5.58. The smallest absolute Gasteiger partial charge is 0.139 e. The molecule has 0 aliphatic heterocycles. The SMILES string of the molecule is Cc1ccc(CCC(=O)Cc2ccc(Br)cn2)cc1. The molecule has 0 atom stereocenters. The summed E-state index contributed by atoms with van der Waals surface area (Å²) in [6.45, 7) is 2.06. The third kappa shape index (κ3) is 4.60. The number of halogens is 1. The molecule has 0 aliphatic carbocycles. The number of nitrogens with zero attached hydrogens (tertiary/aromatic N) is 1. The molecular formula is C16H16BrNO. The number of rotatable bonds is 5. The van der Waals surface area contributed by atoms with Crippen molar-refractivity contribution in [3.8, 4) is 0 Å². The molecule has 0 aliphatic rings. The zero-order valence-electron chi connectivity index (χ0n) is 10.9. The maximum Gasteiger partial charge on any atom is 0.139 e. The molecule has 2 rings (SSSR count). The van der Waals surface area contributed by atoms with Crippen molar-refractivity contribution >= 4 is 21.7 Å². The highest BCUT2D eigenvalue weighted by molar-refractivity contribution is 9.10. The summed E-state index contributed by atoms with van der Waals surface area (Å²) in [5, 5.41) is 0. The molecule has 0 fully saturated rings. The lowest BCUT2D eigenvalue weighted by Crippen LogP contribution is -2.05. The summed E-state index contributed by atoms with van der Waals surface area (Å²) in [5.41, 5.74) is 3.29. The summed E-state index contributed by atoms with van der Waals surface area (Å²) in [6, 6.07) is 12.1. The van der Waals surface area contributed by atoms with Crippen molar-refractivity contribution in [1.82, 2.24) is 4.98 Å². The Bertz CT molecular complexity index is 546. The van der Waals surface area contributed by atoms with Crippen LogP contribution in [0.5, 0.6) is 0 Å². The Morgan fingerprint density at radius 3 is 2.53 bits per heavy atom. The van der Waals surface area contributed by atoms with Crippen LogP contribution in [0.25, 0.3) is 0 Å². The average molecular weight is 318 g/mol. The summed E-state index contributed by atoms with van der Waals surface area (Å²) in [7, 11) is 0. The van der Waals surface area contributed by atoms with Gasteiger partial charge in [0.1, 0.15) is 5.78 Å². The van der Waals surface area contributed by atoms with Gasteiger partial charge in [-0.2, -0.15) is 0 Å². The van der Waals surface area contributed by atoms with Gasteiger partial charge in [-0.25, -0.2) is 0 Å². The number of pyridine rings is 1. The number of benzene rings is 1. The van der Waals surface area contributed by atoms with E-state index >= 15 is 0 Å². The monoisotopic (exact) mass is 317 g/mol. The van der Waals surface area contributed by atoms with Crippen molar-refractivity contribution in [3.63, 3.8) is 0 Å². The summed E-state index contributed by atoms with van der Waals surface area (Å²) >= 11 is 3.33. The number of aromatic nitrogens is 1. The van der Waals surface area contributed by atoms with Gasteiger partial charge in [0.2, 0.25) is 0 Å². The summed E-state index contributed by atoms with van der Waals surface area (Å²) in [4.78, 5) is 16.1. The molecule has 0 bridgehead atoms. The number of Topliss-reactive ketones (excluding diaryl/α,β-unsaturated/α-hetero) is 1. The lowest BCUT2D eigenvalue weighted by molar-refractivity contribution is -0.118. The molecule has 0 spiro atoms. The van der Waals surface area contributed by atoms with Gasteiger partial charge in [0.05, 0.1) is 0 Å². The number of aryl methyl sites for hydroxylation is 2. The van der Waals surface area contributed by atoms with Crippen LogP contribution in [0.3, 0.4) is 0 Å². The van der Waals surface area contributed by atoms with E-state index in [1.165, 1.54) is 11.1 Å². The second-order valence-electron chi connectivity index (χ2n) is 4.67. The zero-order chi connectivity index (χ0) is 13.7. The number of carbonyl (C=O) groups is 1. The van der Waals surface area contributed by atoms with Gasteiger partial charge in [0.25, 0.3) is 0 Å². The van der Waals surface area contributed by atoms with Crippen molar-refractivity contribution < 1.29 is 4.79 Å². The fourth-order valence-corrected chi connectivity index (χ4v) is 2.07. The highest BCUT2D eigenvalue weighted by Gasteiger charge is 2.05. The molecule has 0 radical (unpaired) electrons. The van der Waals surface area contributed by atoms with Crippen LogP contribution in [0.15, 0.2) is 47.1 Å². The van der Waals surface area contributed by atoms with E-state index in [0.29, 0.717) is 12.8 Å². The van der Waals surface area contributed by atoms with Gasteiger partial charge in [-0.15, -0.1) is 0 Å². The van der Waals surface area contributed by atoms with E-state index in [9.17, 15) is 4.79 Å². The van der Waals surface area contributed by atoms with Crippen LogP contribution >= 0.6 is 15.9 Å². The zero-order valence-corrected chi connectivity index (χ0v) is 12.5. The minimum atomic E-state index is 0.232. The summed E-state index contributed by atoms with van der Waals surface area (Å²) in [6.07, 6.45) is 3.51. The van der Waals surface area contributed by atoms with Crippen molar-refractivity contribution in [2.45, 2.75) is 26.2 Å². The first-order chi connectivity index (χ1) is 9.13. The van der Waals surface area contributed by atoms with Crippen molar-refractivity contribution in [3.05, 3.63) is 63.9 Å². The van der Waals surface area contributed by atoms with Gasteiger partial charge in [0.15, 0.2) is 0 Å². The van der Waals surface area contributed by atoms with E-state index in [-0.39, 0.29) is 5.78 Å². The minimum absolute atomic E-state index is 0.232. The van der Waals surface area contributed by atoms with Crippen LogP contribution < -0.4 is 0 Å². The number of ketones is 1. The topological polar surface area (TPSA) is 30.0 Å². The first-order valence-corrected chi connectivity index (χ1v) is 7.10. The molecule has 2 aromatic rings. The van der Waals surface area contributed by atoms with E-state index in [1.807, 2.05) is 12.1 Å². The van der Waals surface area contributed by atoms with Crippen molar-refractivity contribution in [2.24, 2.45) is 0 Å². The van der Waals surface area contributed by atoms with Gasteiger partial charge >= 0.3 is 0 Å². The normalized spacial score (nSPS) is 10.4. The standard InChI is InChI=1S/C16H16BrNO/c1-12-2-4-13(5-3-12)6-9-16(19)10-15-8-7-14(17)11-18-15/h2-5,7-8,11H,6,9-10H2,1H3. The molecule has 3 heteroatoms. The van der Waals surface area contributed by atoms with E-state index in [4.69, 9.17) is 0 Å². The van der Waals surface area contributed by atoms with Gasteiger partial charge in [-0.3, -0.25) is 9.78 Å². The number of hydrogen-bond donors (Lipinski definition) is 0. The molecule has 1 heterocycles. The Kier molecular flexibility index (Phi) is 4.86. The third-order valence-corrected chi connectivity index (χ3v) is 3.45. The second kappa shape index (κ2) is 6.62. The molecule has 19 heavy (non-hydrogen) atoms. The van der Waals surface area contributed by atoms with Crippen LogP contribution in [0, 0.1) is 6.92 Å². The summed E-state index contributed by atoms with van der Waals surface area (Å²) in [5.74, 6) is 0.232. The Balaban J connectivity index is 1.84. The lowest BCUT2D eigenvalue weighted by Gasteiger charge is -2.02. The first kappa shape index (κ1) is 13.9. The van der Waals surface area contributed by atoms with Gasteiger partial charge < -0.3 is 0 Å². The largest absolute Gasteiger partial charge is 0.299 e. The predicted octanol–water partition coefficient (Wildman–Crippen LogP) is 3.90. The van der Waals surface area contributed by atoms with Gasteiger partial charge in [-0.05, 0) is 47.0 Å². The molecule has 98 valence electrons. The van der Waals surface area contributed by atoms with E-state index in [0.717, 1.165) is 16.6 Å². The van der Waals surface area contributed by atoms with Gasteiger partial charge in [0, 0.05) is 29.2 Å². The van der Waals surface area contributed by atoms with E-state index < -0.39 is 0 Å². The third-order valence-electron chi connectivity index (χ3n) is 2.98. The molecule has 0 saturated heterocycles. The fraction of sp³-hybridized carbons (Fsp3) is 0.250. The van der Waals surface area contributed by atoms with Crippen LogP contribution in [-0.4, -0.2) is 10.8 Å². The van der Waals surface area contributed by atoms with Crippen molar-refractivity contribution in [1.29, 1.82) is 0 Å². The highest BCUT2D eigenvalue weighted by atomic mass is 79.9. The van der Waals surface area contributed by atoms with Crippen LogP contribution in [-0.2, 0) is 17.6 Å². The Morgan fingerprint density at radius 1 is 1.16 bits per heavy atom. The highest BCUT2D eigenvalue weighted by Crippen LogP contribution is 2.10. The molecule has 2 nitrogen and oxygen atoms in total. The maximum absolute atomic E-state index is 11.9. The Labute approximate surface area is 122 Å². The van der Waals surface area contributed by atoms with Crippen LogP contribution in [0.2, 0.25) is 0 Å². The quantitative estimate of drug-likeness (QED) is 0.837. The van der Waals surface area contributed by atoms with E-state index in [1.54, 1.807) is 6.20 Å². The molecule has 0 saturated carbocycles. The van der Waals surface area contributed by atoms with Crippen LogP contribution in [0.1, 0.15) is 23.2 Å². The minimum Gasteiger partial charge on any atom is -0.299 e. The molecular weight excluding hydrogens is 302 g/mol. The fourth-order valence-electron chi connectivity index (χ4n) is 1.84. The van der Waals surface area contributed by atoms with E-state index in [2.05, 4.69) is 52.1 Å². The molecule has 0 amide bonds. The predicted molar refractivity (Wildman–Crippen MR) is 80.1 cm³/mol. The maximum atomic E-state index is 11.9. The Hall–Kier alpha value is -1.48. The molecule has 1 aromatic carbocycles. The molecule has 0 unspecified atom stereocenters. The van der Waals surface area contributed by atoms with Gasteiger partial charge in [-0.1, -0.05) is 29.8 Å². The molecule has 0 N–H and O–H groups in total. The summed E-state index contributed by atoms with van der Waals surface area (Å²) < 4.78 is 0.934. The van der Waals surface area contributed by atoms with Crippen molar-refractivity contribution in [2.75, 3.05) is 0 Å². The Morgan fingerprint density at radius 2 is 1.89 bits per heavy atom. The van der Waals surface area contributed by atoms with Crippen LogP contribution in [0.4, 0.5) is 0 Å². The average Bonchev–Trinajstić information content (AvgIpc) is 2.41. The molecule has 1 aromatic heterocycles. The first-order valence-electron chi connectivity index (χ1n) is 6.31. The lowest BCUT2D eigenvalue weighted by atomic mass is 10.0.